The Kier molecular flexibility index (Phi) is 5.14. The van der Waals surface area contributed by atoms with Crippen molar-refractivity contribution in [1.82, 2.24) is 4.90 Å². The normalized spacial score (nSPS) is 15.5. The molecule has 5 nitrogen and oxygen atoms in total. The second-order valence-corrected chi connectivity index (χ2v) is 4.30. The van der Waals surface area contributed by atoms with E-state index in [1.54, 1.807) is 20.5 Å². The van der Waals surface area contributed by atoms with Crippen LogP contribution in [0.3, 0.4) is 0 Å². The minimum atomic E-state index is -0.406. The van der Waals surface area contributed by atoms with Crippen LogP contribution < -0.4 is 5.73 Å². The van der Waals surface area contributed by atoms with Crippen LogP contribution in [0.2, 0.25) is 0 Å². The first-order valence-corrected chi connectivity index (χ1v) is 5.57. The van der Waals surface area contributed by atoms with Gasteiger partial charge in [0.15, 0.2) is 6.29 Å². The molecular formula is C12H22N2O3. The lowest BCUT2D eigenvalue weighted by Gasteiger charge is -2.41. The van der Waals surface area contributed by atoms with E-state index in [4.69, 9.17) is 19.6 Å². The van der Waals surface area contributed by atoms with E-state index in [-0.39, 0.29) is 6.29 Å². The van der Waals surface area contributed by atoms with Crippen molar-refractivity contribution in [2.45, 2.75) is 25.3 Å². The van der Waals surface area contributed by atoms with Crippen LogP contribution in [0, 0.1) is 0 Å². The maximum atomic E-state index is 5.86. The van der Waals surface area contributed by atoms with Gasteiger partial charge in [-0.15, -0.1) is 0 Å². The molecule has 5 heteroatoms. The molecule has 0 aromatic carbocycles. The van der Waals surface area contributed by atoms with Gasteiger partial charge in [0.2, 0.25) is 0 Å². The van der Waals surface area contributed by atoms with E-state index in [1.807, 2.05) is 26.1 Å². The molecule has 1 aromatic heterocycles. The summed E-state index contributed by atoms with van der Waals surface area (Å²) >= 11 is 0. The van der Waals surface area contributed by atoms with Gasteiger partial charge >= 0.3 is 0 Å². The summed E-state index contributed by atoms with van der Waals surface area (Å²) < 4.78 is 16.0. The minimum Gasteiger partial charge on any atom is -0.468 e. The van der Waals surface area contributed by atoms with E-state index in [9.17, 15) is 0 Å². The van der Waals surface area contributed by atoms with E-state index in [1.165, 1.54) is 0 Å². The zero-order valence-electron chi connectivity index (χ0n) is 11.0. The predicted octanol–water partition coefficient (Wildman–Crippen LogP) is 1.05. The molecule has 1 unspecified atom stereocenters. The van der Waals surface area contributed by atoms with Crippen molar-refractivity contribution in [3.8, 4) is 0 Å². The lowest BCUT2D eigenvalue weighted by atomic mass is 9.99. The molecule has 0 bridgehead atoms. The Morgan fingerprint density at radius 3 is 2.53 bits per heavy atom. The van der Waals surface area contributed by atoms with Crippen LogP contribution in [0.5, 0.6) is 0 Å². The molecule has 0 spiro atoms. The van der Waals surface area contributed by atoms with Crippen molar-refractivity contribution in [1.29, 1.82) is 0 Å². The van der Waals surface area contributed by atoms with Crippen LogP contribution in [0.15, 0.2) is 22.8 Å². The zero-order valence-corrected chi connectivity index (χ0v) is 11.0. The maximum absolute atomic E-state index is 5.86. The van der Waals surface area contributed by atoms with Gasteiger partial charge < -0.3 is 19.6 Å². The smallest absolute Gasteiger partial charge is 0.176 e. The highest BCUT2D eigenvalue weighted by molar-refractivity contribution is 5.00. The highest BCUT2D eigenvalue weighted by Crippen LogP contribution is 2.22. The zero-order chi connectivity index (χ0) is 12.9. The Morgan fingerprint density at radius 2 is 2.12 bits per heavy atom. The van der Waals surface area contributed by atoms with Crippen molar-refractivity contribution in [3.63, 3.8) is 0 Å². The summed E-state index contributed by atoms with van der Waals surface area (Å²) in [6, 6.07) is 3.80. The lowest BCUT2D eigenvalue weighted by molar-refractivity contribution is -0.179. The molecule has 1 aromatic rings. The number of ether oxygens (including phenoxy) is 2. The number of methoxy groups -OCH3 is 2. The van der Waals surface area contributed by atoms with Gasteiger partial charge in [-0.25, -0.2) is 0 Å². The lowest BCUT2D eigenvalue weighted by Crippen LogP contribution is -2.58. The molecule has 2 N–H and O–H groups in total. The molecule has 1 rings (SSSR count). The molecule has 0 aliphatic rings. The summed E-state index contributed by atoms with van der Waals surface area (Å²) in [6.45, 7) is 3.09. The summed E-state index contributed by atoms with van der Waals surface area (Å²) in [4.78, 5) is 2.07. The highest BCUT2D eigenvalue weighted by Gasteiger charge is 2.37. The molecule has 1 heterocycles. The standard InChI is InChI=1S/C12H22N2O3/c1-12(9-13,11(15-3)16-4)14(2)8-10-6-5-7-17-10/h5-7,11H,8-9,13H2,1-4H3. The highest BCUT2D eigenvalue weighted by atomic mass is 16.7. The molecule has 0 saturated heterocycles. The third kappa shape index (κ3) is 3.07. The predicted molar refractivity (Wildman–Crippen MR) is 65.4 cm³/mol. The van der Waals surface area contributed by atoms with Gasteiger partial charge in [0, 0.05) is 20.8 Å². The van der Waals surface area contributed by atoms with Crippen LogP contribution in [0.4, 0.5) is 0 Å². The quantitative estimate of drug-likeness (QED) is 0.724. The van der Waals surface area contributed by atoms with Crippen molar-refractivity contribution >= 4 is 0 Å². The molecule has 0 aliphatic carbocycles. The summed E-state index contributed by atoms with van der Waals surface area (Å²) in [5.74, 6) is 0.887. The van der Waals surface area contributed by atoms with Crippen molar-refractivity contribution < 1.29 is 13.9 Å². The van der Waals surface area contributed by atoms with E-state index in [2.05, 4.69) is 4.90 Å². The summed E-state index contributed by atoms with van der Waals surface area (Å²) in [6.07, 6.45) is 1.28. The fourth-order valence-electron chi connectivity index (χ4n) is 1.85. The van der Waals surface area contributed by atoms with Gasteiger partial charge in [-0.3, -0.25) is 4.90 Å². The molecule has 17 heavy (non-hydrogen) atoms. The summed E-state index contributed by atoms with van der Waals surface area (Å²) in [7, 11) is 5.20. The average molecular weight is 242 g/mol. The fraction of sp³-hybridized carbons (Fsp3) is 0.667. The molecule has 0 radical (unpaired) electrons. The first kappa shape index (κ1) is 14.2. The third-order valence-electron chi connectivity index (χ3n) is 3.19. The second-order valence-electron chi connectivity index (χ2n) is 4.30. The number of furan rings is 1. The van der Waals surface area contributed by atoms with Gasteiger partial charge in [0.25, 0.3) is 0 Å². The van der Waals surface area contributed by atoms with E-state index < -0.39 is 5.54 Å². The number of hydrogen-bond donors (Lipinski definition) is 1. The average Bonchev–Trinajstić information content (AvgIpc) is 2.82. The number of nitrogens with two attached hydrogens (primary N) is 1. The molecule has 0 saturated carbocycles. The van der Waals surface area contributed by atoms with Gasteiger partial charge in [-0.05, 0) is 26.1 Å². The second kappa shape index (κ2) is 6.16. The molecular weight excluding hydrogens is 220 g/mol. The van der Waals surface area contributed by atoms with Crippen LogP contribution >= 0.6 is 0 Å². The van der Waals surface area contributed by atoms with Gasteiger partial charge in [-0.1, -0.05) is 0 Å². The van der Waals surface area contributed by atoms with Crippen molar-refractivity contribution in [3.05, 3.63) is 24.2 Å². The van der Waals surface area contributed by atoms with Crippen LogP contribution in [0.1, 0.15) is 12.7 Å². The molecule has 0 fully saturated rings. The minimum absolute atomic E-state index is 0.382. The largest absolute Gasteiger partial charge is 0.468 e. The molecule has 0 aliphatic heterocycles. The van der Waals surface area contributed by atoms with E-state index in [0.717, 1.165) is 5.76 Å². The van der Waals surface area contributed by atoms with Gasteiger partial charge in [0.1, 0.15) is 5.76 Å². The first-order chi connectivity index (χ1) is 8.08. The Morgan fingerprint density at radius 1 is 1.47 bits per heavy atom. The topological polar surface area (TPSA) is 60.9 Å². The number of rotatable bonds is 7. The number of hydrogen-bond acceptors (Lipinski definition) is 5. The number of nitrogens with zero attached hydrogens (tertiary/aromatic N) is 1. The first-order valence-electron chi connectivity index (χ1n) is 5.57. The van der Waals surface area contributed by atoms with Gasteiger partial charge in [-0.2, -0.15) is 0 Å². The van der Waals surface area contributed by atoms with Crippen LogP contribution in [-0.2, 0) is 16.0 Å². The Balaban J connectivity index is 2.77. The molecule has 1 atom stereocenters. The van der Waals surface area contributed by atoms with Crippen molar-refractivity contribution in [2.24, 2.45) is 5.73 Å². The maximum Gasteiger partial charge on any atom is 0.176 e. The number of likely N-dealkylation sites (N-methyl/N-ethyl adjacent to an activating group) is 1. The van der Waals surface area contributed by atoms with E-state index in [0.29, 0.717) is 13.1 Å². The van der Waals surface area contributed by atoms with Crippen LogP contribution in [-0.4, -0.2) is 44.5 Å². The van der Waals surface area contributed by atoms with Crippen LogP contribution in [0.25, 0.3) is 0 Å². The summed E-state index contributed by atoms with van der Waals surface area (Å²) in [5.41, 5.74) is 5.45. The third-order valence-corrected chi connectivity index (χ3v) is 3.19. The van der Waals surface area contributed by atoms with Crippen molar-refractivity contribution in [2.75, 3.05) is 27.8 Å². The Labute approximate surface area is 102 Å². The Bertz CT molecular complexity index is 312. The SMILES string of the molecule is COC(OC)C(C)(CN)N(C)Cc1ccco1. The van der Waals surface area contributed by atoms with Gasteiger partial charge in [0.05, 0.1) is 18.3 Å². The van der Waals surface area contributed by atoms with E-state index >= 15 is 0 Å². The monoisotopic (exact) mass is 242 g/mol. The molecule has 98 valence electrons. The Hall–Kier alpha value is -0.880. The fourth-order valence-corrected chi connectivity index (χ4v) is 1.85. The molecule has 0 amide bonds. The summed E-state index contributed by atoms with van der Waals surface area (Å²) in [5, 5.41) is 0.